The predicted molar refractivity (Wildman–Crippen MR) is 70.7 cm³/mol. The molecule has 1 aromatic heterocycles. The SMILES string of the molecule is COc1cccc2nc(C(F)(F)F)nc(C#CC3CC3)c12. The molecule has 1 heterocycles. The first-order valence-electron chi connectivity index (χ1n) is 6.42. The monoisotopic (exact) mass is 292 g/mol. The summed E-state index contributed by atoms with van der Waals surface area (Å²) in [6.07, 6.45) is -2.63. The number of halogens is 3. The number of alkyl halides is 3. The molecular weight excluding hydrogens is 281 g/mol. The van der Waals surface area contributed by atoms with Gasteiger partial charge in [0.2, 0.25) is 5.82 Å². The molecule has 1 saturated carbocycles. The first-order chi connectivity index (χ1) is 9.99. The van der Waals surface area contributed by atoms with Crippen LogP contribution in [-0.4, -0.2) is 17.1 Å². The zero-order valence-electron chi connectivity index (χ0n) is 11.2. The van der Waals surface area contributed by atoms with Gasteiger partial charge in [-0.3, -0.25) is 0 Å². The summed E-state index contributed by atoms with van der Waals surface area (Å²) in [7, 11) is 1.45. The van der Waals surface area contributed by atoms with E-state index in [-0.39, 0.29) is 17.1 Å². The fourth-order valence-electron chi connectivity index (χ4n) is 1.94. The van der Waals surface area contributed by atoms with Gasteiger partial charge in [0, 0.05) is 5.92 Å². The highest BCUT2D eigenvalue weighted by Crippen LogP contribution is 2.32. The van der Waals surface area contributed by atoms with Crippen molar-refractivity contribution in [1.82, 2.24) is 9.97 Å². The van der Waals surface area contributed by atoms with Crippen LogP contribution in [0.5, 0.6) is 5.75 Å². The number of rotatable bonds is 1. The summed E-state index contributed by atoms with van der Waals surface area (Å²) in [5.41, 5.74) is 0.244. The average molecular weight is 292 g/mol. The molecule has 3 nitrogen and oxygen atoms in total. The number of aromatic nitrogens is 2. The van der Waals surface area contributed by atoms with Crippen LogP contribution in [0.2, 0.25) is 0 Å². The van der Waals surface area contributed by atoms with E-state index < -0.39 is 12.0 Å². The summed E-state index contributed by atoms with van der Waals surface area (Å²) in [4.78, 5) is 7.17. The van der Waals surface area contributed by atoms with Gasteiger partial charge in [0.05, 0.1) is 18.0 Å². The van der Waals surface area contributed by atoms with Gasteiger partial charge in [-0.25, -0.2) is 9.97 Å². The minimum Gasteiger partial charge on any atom is -0.496 e. The summed E-state index contributed by atoms with van der Waals surface area (Å²) >= 11 is 0. The van der Waals surface area contributed by atoms with Crippen molar-refractivity contribution < 1.29 is 17.9 Å². The molecule has 0 spiro atoms. The quantitative estimate of drug-likeness (QED) is 0.755. The van der Waals surface area contributed by atoms with E-state index in [0.717, 1.165) is 12.8 Å². The second-order valence-electron chi connectivity index (χ2n) is 4.79. The normalized spacial score (nSPS) is 14.7. The summed E-state index contributed by atoms with van der Waals surface area (Å²) in [6.45, 7) is 0. The van der Waals surface area contributed by atoms with Crippen LogP contribution in [0.4, 0.5) is 13.2 Å². The largest absolute Gasteiger partial charge is 0.496 e. The van der Waals surface area contributed by atoms with Crippen molar-refractivity contribution >= 4 is 10.9 Å². The molecule has 0 bridgehead atoms. The van der Waals surface area contributed by atoms with Gasteiger partial charge in [0.25, 0.3) is 0 Å². The second-order valence-corrected chi connectivity index (χ2v) is 4.79. The molecular formula is C15H11F3N2O. The van der Waals surface area contributed by atoms with Crippen molar-refractivity contribution in [3.63, 3.8) is 0 Å². The van der Waals surface area contributed by atoms with Crippen LogP contribution in [0.15, 0.2) is 18.2 Å². The average Bonchev–Trinajstić information content (AvgIpc) is 3.26. The highest BCUT2D eigenvalue weighted by Gasteiger charge is 2.35. The van der Waals surface area contributed by atoms with Crippen LogP contribution >= 0.6 is 0 Å². The van der Waals surface area contributed by atoms with Gasteiger partial charge in [-0.2, -0.15) is 13.2 Å². The van der Waals surface area contributed by atoms with E-state index in [9.17, 15) is 13.2 Å². The molecule has 108 valence electrons. The topological polar surface area (TPSA) is 35.0 Å². The van der Waals surface area contributed by atoms with Crippen LogP contribution in [0, 0.1) is 17.8 Å². The lowest BCUT2D eigenvalue weighted by Gasteiger charge is -2.10. The highest BCUT2D eigenvalue weighted by atomic mass is 19.4. The molecule has 0 N–H and O–H groups in total. The maximum atomic E-state index is 12.9. The van der Waals surface area contributed by atoms with E-state index >= 15 is 0 Å². The smallest absolute Gasteiger partial charge is 0.451 e. The van der Waals surface area contributed by atoms with Crippen LogP contribution < -0.4 is 4.74 Å². The molecule has 1 aliphatic carbocycles. The maximum Gasteiger partial charge on any atom is 0.451 e. The molecule has 0 unspecified atom stereocenters. The van der Waals surface area contributed by atoms with Crippen LogP contribution in [0.3, 0.4) is 0 Å². The van der Waals surface area contributed by atoms with E-state index in [1.54, 1.807) is 12.1 Å². The third kappa shape index (κ3) is 2.77. The number of nitrogens with zero attached hydrogens (tertiary/aromatic N) is 2. The third-order valence-electron chi connectivity index (χ3n) is 3.13. The zero-order valence-corrected chi connectivity index (χ0v) is 11.2. The van der Waals surface area contributed by atoms with Crippen molar-refractivity contribution in [3.05, 3.63) is 29.7 Å². The van der Waals surface area contributed by atoms with Gasteiger partial charge in [0.1, 0.15) is 11.4 Å². The van der Waals surface area contributed by atoms with Crippen LogP contribution in [0.1, 0.15) is 24.4 Å². The van der Waals surface area contributed by atoms with Crippen molar-refractivity contribution in [2.45, 2.75) is 19.0 Å². The molecule has 0 radical (unpaired) electrons. The molecule has 1 fully saturated rings. The highest BCUT2D eigenvalue weighted by molar-refractivity contribution is 5.89. The molecule has 0 aliphatic heterocycles. The number of benzene rings is 1. The zero-order chi connectivity index (χ0) is 15.0. The first kappa shape index (κ1) is 13.7. The molecule has 1 aromatic carbocycles. The lowest BCUT2D eigenvalue weighted by atomic mass is 10.1. The fourth-order valence-corrected chi connectivity index (χ4v) is 1.94. The Kier molecular flexibility index (Phi) is 3.20. The predicted octanol–water partition coefficient (Wildman–Crippen LogP) is 3.42. The van der Waals surface area contributed by atoms with Crippen molar-refractivity contribution in [2.75, 3.05) is 7.11 Å². The number of ether oxygens (including phenoxy) is 1. The number of hydrogen-bond donors (Lipinski definition) is 0. The first-order valence-corrected chi connectivity index (χ1v) is 6.42. The Balaban J connectivity index is 2.26. The van der Waals surface area contributed by atoms with Gasteiger partial charge < -0.3 is 4.74 Å². The van der Waals surface area contributed by atoms with Crippen molar-refractivity contribution in [1.29, 1.82) is 0 Å². The molecule has 6 heteroatoms. The maximum absolute atomic E-state index is 12.9. The van der Waals surface area contributed by atoms with Gasteiger partial charge in [-0.1, -0.05) is 12.0 Å². The Morgan fingerprint density at radius 2 is 2.00 bits per heavy atom. The molecule has 0 atom stereocenters. The van der Waals surface area contributed by atoms with E-state index in [1.165, 1.54) is 13.2 Å². The van der Waals surface area contributed by atoms with E-state index in [4.69, 9.17) is 4.74 Å². The standard InChI is InChI=1S/C15H11F3N2O/c1-21-12-4-2-3-10-13(12)11(8-7-9-5-6-9)20-14(19-10)15(16,17)18/h2-4,9H,5-6H2,1H3. The van der Waals surface area contributed by atoms with Gasteiger partial charge in [0.15, 0.2) is 0 Å². The second kappa shape index (κ2) is 4.92. The Labute approximate surface area is 119 Å². The Morgan fingerprint density at radius 1 is 1.24 bits per heavy atom. The van der Waals surface area contributed by atoms with Gasteiger partial charge >= 0.3 is 6.18 Å². The summed E-state index contributed by atoms with van der Waals surface area (Å²) in [6, 6.07) is 4.74. The fraction of sp³-hybridized carbons (Fsp3) is 0.333. The third-order valence-corrected chi connectivity index (χ3v) is 3.13. The number of methoxy groups -OCH3 is 1. The van der Waals surface area contributed by atoms with Crippen molar-refractivity contribution in [2.24, 2.45) is 5.92 Å². The molecule has 3 rings (SSSR count). The van der Waals surface area contributed by atoms with E-state index in [1.807, 2.05) is 0 Å². The van der Waals surface area contributed by atoms with E-state index in [2.05, 4.69) is 21.8 Å². The minimum absolute atomic E-state index is 0.0664. The van der Waals surface area contributed by atoms with Crippen molar-refractivity contribution in [3.8, 4) is 17.6 Å². The molecule has 21 heavy (non-hydrogen) atoms. The molecule has 2 aromatic rings. The Morgan fingerprint density at radius 3 is 2.62 bits per heavy atom. The summed E-state index contributed by atoms with van der Waals surface area (Å²) in [5, 5.41) is 0.418. The molecule has 1 aliphatic rings. The Hall–Kier alpha value is -2.29. The van der Waals surface area contributed by atoms with E-state index in [0.29, 0.717) is 11.1 Å². The lowest BCUT2D eigenvalue weighted by molar-refractivity contribution is -0.144. The van der Waals surface area contributed by atoms with Crippen LogP contribution in [0.25, 0.3) is 10.9 Å². The Bertz CT molecular complexity index is 755. The number of hydrogen-bond acceptors (Lipinski definition) is 3. The minimum atomic E-state index is -4.60. The van der Waals surface area contributed by atoms with Crippen LogP contribution in [-0.2, 0) is 6.18 Å². The lowest BCUT2D eigenvalue weighted by Crippen LogP contribution is -2.12. The molecule has 0 amide bonds. The summed E-state index contributed by atoms with van der Waals surface area (Å²) in [5.74, 6) is 5.19. The summed E-state index contributed by atoms with van der Waals surface area (Å²) < 4.78 is 43.8. The van der Waals surface area contributed by atoms with Gasteiger partial charge in [-0.15, -0.1) is 0 Å². The molecule has 0 saturated heterocycles. The van der Waals surface area contributed by atoms with Gasteiger partial charge in [-0.05, 0) is 30.9 Å². The number of fused-ring (bicyclic) bond motifs is 1.